The van der Waals surface area contributed by atoms with Gasteiger partial charge in [-0.05, 0) is 37.5 Å². The predicted octanol–water partition coefficient (Wildman–Crippen LogP) is 9.07. The summed E-state index contributed by atoms with van der Waals surface area (Å²) in [6.07, 6.45) is 24.6. The molecule has 0 aliphatic rings. The lowest BCUT2D eigenvalue weighted by Gasteiger charge is -2.18. The normalized spacial score (nSPS) is 13.2. The van der Waals surface area contributed by atoms with Crippen LogP contribution >= 0.6 is 0 Å². The summed E-state index contributed by atoms with van der Waals surface area (Å²) in [5.41, 5.74) is 0. The lowest BCUT2D eigenvalue weighted by Crippen LogP contribution is -2.12. The zero-order chi connectivity index (χ0) is 22.9. The van der Waals surface area contributed by atoms with Crippen LogP contribution in [0.25, 0.3) is 0 Å². The van der Waals surface area contributed by atoms with E-state index in [-0.39, 0.29) is 6.10 Å². The van der Waals surface area contributed by atoms with E-state index < -0.39 is 0 Å². The fraction of sp³-hybridized carbons (Fsp3) is 1.00. The Balaban J connectivity index is 0. The maximum Gasteiger partial charge on any atom is 0.0542 e. The van der Waals surface area contributed by atoms with E-state index in [4.69, 9.17) is 5.11 Å². The summed E-state index contributed by atoms with van der Waals surface area (Å²) in [5.74, 6) is 1.46. The first kappa shape index (κ1) is 32.1. The van der Waals surface area contributed by atoms with Gasteiger partial charge in [-0.3, -0.25) is 0 Å². The van der Waals surface area contributed by atoms with Gasteiger partial charge in [0.15, 0.2) is 0 Å². The van der Waals surface area contributed by atoms with Gasteiger partial charge in [0.25, 0.3) is 0 Å². The van der Waals surface area contributed by atoms with Crippen LogP contribution in [0.15, 0.2) is 0 Å². The van der Waals surface area contributed by atoms with Crippen molar-refractivity contribution in [3.8, 4) is 0 Å². The molecular formula is C28H60O2. The molecule has 2 N–H and O–H groups in total. The summed E-state index contributed by atoms with van der Waals surface area (Å²) >= 11 is 0. The van der Waals surface area contributed by atoms with E-state index in [1.165, 1.54) is 103 Å². The number of unbranched alkanes of at least 4 members (excludes halogenated alkanes) is 12. The van der Waals surface area contributed by atoms with Gasteiger partial charge in [-0.1, -0.05) is 131 Å². The minimum absolute atomic E-state index is 0.0688. The maximum atomic E-state index is 9.79. The van der Waals surface area contributed by atoms with Crippen molar-refractivity contribution in [3.05, 3.63) is 0 Å². The Labute approximate surface area is 191 Å². The summed E-state index contributed by atoms with van der Waals surface area (Å²) in [7, 11) is 0. The van der Waals surface area contributed by atoms with Crippen molar-refractivity contribution in [2.45, 2.75) is 163 Å². The van der Waals surface area contributed by atoms with Crippen molar-refractivity contribution >= 4 is 0 Å². The number of rotatable bonds is 21. The van der Waals surface area contributed by atoms with Gasteiger partial charge >= 0.3 is 0 Å². The molecule has 0 saturated heterocycles. The van der Waals surface area contributed by atoms with Crippen LogP contribution in [0.4, 0.5) is 0 Å². The maximum absolute atomic E-state index is 9.79. The number of hydrogen-bond acceptors (Lipinski definition) is 2. The predicted molar refractivity (Wildman–Crippen MR) is 136 cm³/mol. The lowest BCUT2D eigenvalue weighted by atomic mass is 9.91. The zero-order valence-corrected chi connectivity index (χ0v) is 21.8. The van der Waals surface area contributed by atoms with E-state index in [1.54, 1.807) is 0 Å². The highest BCUT2D eigenvalue weighted by Crippen LogP contribution is 2.21. The van der Waals surface area contributed by atoms with Crippen molar-refractivity contribution in [1.82, 2.24) is 0 Å². The summed E-state index contributed by atoms with van der Waals surface area (Å²) in [6, 6.07) is 0. The topological polar surface area (TPSA) is 40.5 Å². The molecule has 184 valence electrons. The molecule has 0 fully saturated rings. The van der Waals surface area contributed by atoms with Crippen molar-refractivity contribution in [2.75, 3.05) is 6.61 Å². The quantitative estimate of drug-likeness (QED) is 0.179. The Hall–Kier alpha value is -0.0800. The molecule has 2 nitrogen and oxygen atoms in total. The first-order valence-electron chi connectivity index (χ1n) is 13.8. The Kier molecular flexibility index (Phi) is 28.8. The summed E-state index contributed by atoms with van der Waals surface area (Å²) in [5, 5.41) is 18.4. The molecule has 0 saturated carbocycles. The van der Waals surface area contributed by atoms with Crippen LogP contribution in [-0.2, 0) is 0 Å². The van der Waals surface area contributed by atoms with Gasteiger partial charge in [-0.25, -0.2) is 0 Å². The van der Waals surface area contributed by atoms with E-state index in [0.717, 1.165) is 25.2 Å². The van der Waals surface area contributed by atoms with E-state index >= 15 is 0 Å². The molecular weight excluding hydrogens is 368 g/mol. The second kappa shape index (κ2) is 27.0. The highest BCUT2D eigenvalue weighted by atomic mass is 16.3. The van der Waals surface area contributed by atoms with Gasteiger partial charge in [0, 0.05) is 6.61 Å². The molecule has 0 aliphatic carbocycles. The highest BCUT2D eigenvalue weighted by molar-refractivity contribution is 4.64. The molecule has 0 spiro atoms. The molecule has 0 aromatic heterocycles. The third-order valence-electron chi connectivity index (χ3n) is 6.21. The SMILES string of the molecule is CCCCC(CC)CCC(O)CC(C)C.CCCCCCCCCCCCCCO. The molecule has 0 bridgehead atoms. The molecule has 0 aromatic carbocycles. The molecule has 0 amide bonds. The van der Waals surface area contributed by atoms with Crippen LogP contribution in [0.5, 0.6) is 0 Å². The van der Waals surface area contributed by atoms with Crippen LogP contribution in [0.2, 0.25) is 0 Å². The number of aliphatic hydroxyl groups is 2. The minimum Gasteiger partial charge on any atom is -0.396 e. The van der Waals surface area contributed by atoms with Crippen LogP contribution in [0, 0.1) is 11.8 Å². The van der Waals surface area contributed by atoms with Crippen LogP contribution in [-0.4, -0.2) is 22.9 Å². The Morgan fingerprint density at radius 1 is 0.567 bits per heavy atom. The van der Waals surface area contributed by atoms with Gasteiger partial charge in [0.2, 0.25) is 0 Å². The van der Waals surface area contributed by atoms with Crippen LogP contribution in [0.1, 0.15) is 157 Å². The average molecular weight is 429 g/mol. The Morgan fingerprint density at radius 2 is 1.03 bits per heavy atom. The Bertz CT molecular complexity index is 278. The van der Waals surface area contributed by atoms with Gasteiger partial charge in [0.05, 0.1) is 6.10 Å². The van der Waals surface area contributed by atoms with Crippen molar-refractivity contribution in [2.24, 2.45) is 11.8 Å². The molecule has 0 radical (unpaired) electrons. The first-order chi connectivity index (χ1) is 14.5. The Morgan fingerprint density at radius 3 is 1.43 bits per heavy atom. The van der Waals surface area contributed by atoms with Crippen molar-refractivity contribution < 1.29 is 10.2 Å². The van der Waals surface area contributed by atoms with E-state index in [2.05, 4.69) is 34.6 Å². The first-order valence-corrected chi connectivity index (χ1v) is 13.8. The standard InChI is InChI=1S/2C14H30O/c1-5-7-8-13(6-2)9-10-14(15)11-12(3)4;1-2-3-4-5-6-7-8-9-10-11-12-13-14-15/h12-15H,5-11H2,1-4H3;15H,2-14H2,1H3. The van der Waals surface area contributed by atoms with Gasteiger partial charge in [-0.15, -0.1) is 0 Å². The molecule has 0 aromatic rings. The molecule has 2 heteroatoms. The van der Waals surface area contributed by atoms with E-state index in [1.807, 2.05) is 0 Å². The molecule has 30 heavy (non-hydrogen) atoms. The van der Waals surface area contributed by atoms with Crippen LogP contribution < -0.4 is 0 Å². The van der Waals surface area contributed by atoms with Gasteiger partial charge in [-0.2, -0.15) is 0 Å². The fourth-order valence-electron chi connectivity index (χ4n) is 4.09. The molecule has 0 rings (SSSR count). The lowest BCUT2D eigenvalue weighted by molar-refractivity contribution is 0.129. The minimum atomic E-state index is -0.0688. The molecule has 0 heterocycles. The van der Waals surface area contributed by atoms with E-state index in [0.29, 0.717) is 12.5 Å². The number of aliphatic hydroxyl groups excluding tert-OH is 2. The summed E-state index contributed by atoms with van der Waals surface area (Å²) in [4.78, 5) is 0. The summed E-state index contributed by atoms with van der Waals surface area (Å²) in [6.45, 7) is 11.5. The van der Waals surface area contributed by atoms with Crippen molar-refractivity contribution in [1.29, 1.82) is 0 Å². The summed E-state index contributed by atoms with van der Waals surface area (Å²) < 4.78 is 0. The third-order valence-corrected chi connectivity index (χ3v) is 6.21. The zero-order valence-electron chi connectivity index (χ0n) is 21.8. The van der Waals surface area contributed by atoms with Gasteiger partial charge < -0.3 is 10.2 Å². The highest BCUT2D eigenvalue weighted by Gasteiger charge is 2.11. The molecule has 2 atom stereocenters. The van der Waals surface area contributed by atoms with Crippen LogP contribution in [0.3, 0.4) is 0 Å². The third kappa shape index (κ3) is 27.9. The largest absolute Gasteiger partial charge is 0.396 e. The van der Waals surface area contributed by atoms with Gasteiger partial charge in [0.1, 0.15) is 0 Å². The smallest absolute Gasteiger partial charge is 0.0542 e. The second-order valence-electron chi connectivity index (χ2n) is 9.89. The molecule has 0 aliphatic heterocycles. The monoisotopic (exact) mass is 428 g/mol. The van der Waals surface area contributed by atoms with E-state index in [9.17, 15) is 5.11 Å². The number of hydrogen-bond donors (Lipinski definition) is 2. The molecule has 2 unspecified atom stereocenters. The average Bonchev–Trinajstić information content (AvgIpc) is 2.72. The van der Waals surface area contributed by atoms with Crippen molar-refractivity contribution in [3.63, 3.8) is 0 Å². The second-order valence-corrected chi connectivity index (χ2v) is 9.89. The fourth-order valence-corrected chi connectivity index (χ4v) is 4.09.